The Balaban J connectivity index is 2.54. The molecule has 4 heteroatoms. The van der Waals surface area contributed by atoms with Gasteiger partial charge in [0.05, 0.1) is 12.7 Å². The lowest BCUT2D eigenvalue weighted by Gasteiger charge is -2.23. The van der Waals surface area contributed by atoms with Crippen molar-refractivity contribution in [1.29, 1.82) is 0 Å². The molecule has 60 valence electrons. The number of alkyl halides is 2. The average molecular weight is 185 g/mol. The van der Waals surface area contributed by atoms with E-state index in [2.05, 4.69) is 0 Å². The molecule has 0 N–H and O–H groups in total. The van der Waals surface area contributed by atoms with Crippen LogP contribution in [0.15, 0.2) is 0 Å². The van der Waals surface area contributed by atoms with Crippen molar-refractivity contribution in [3.8, 4) is 0 Å². The summed E-state index contributed by atoms with van der Waals surface area (Å²) in [5.74, 6) is -0.803. The van der Waals surface area contributed by atoms with Gasteiger partial charge in [0.25, 0.3) is 0 Å². The van der Waals surface area contributed by atoms with Crippen molar-refractivity contribution in [2.24, 2.45) is 0 Å². The van der Waals surface area contributed by atoms with Crippen LogP contribution in [0.25, 0.3) is 0 Å². The lowest BCUT2D eigenvalue weighted by molar-refractivity contribution is -0.140. The molecule has 0 aromatic heterocycles. The summed E-state index contributed by atoms with van der Waals surface area (Å²) in [6.45, 7) is 4.22. The summed E-state index contributed by atoms with van der Waals surface area (Å²) in [6.07, 6.45) is 0.0880. The molecule has 0 saturated carbocycles. The SMILES string of the molecule is CC1COC(C)(C(Cl)Cl)O1. The zero-order valence-corrected chi connectivity index (χ0v) is 7.45. The van der Waals surface area contributed by atoms with Crippen LogP contribution in [0.3, 0.4) is 0 Å². The van der Waals surface area contributed by atoms with Crippen LogP contribution in [-0.4, -0.2) is 23.3 Å². The predicted octanol–water partition coefficient (Wildman–Crippen LogP) is 1.94. The van der Waals surface area contributed by atoms with Crippen molar-refractivity contribution < 1.29 is 9.47 Å². The maximum Gasteiger partial charge on any atom is 0.196 e. The van der Waals surface area contributed by atoms with E-state index in [0.717, 1.165) is 0 Å². The molecule has 1 saturated heterocycles. The molecule has 2 nitrogen and oxygen atoms in total. The average Bonchev–Trinajstić information content (AvgIpc) is 2.13. The molecule has 10 heavy (non-hydrogen) atoms. The number of ether oxygens (including phenoxy) is 2. The van der Waals surface area contributed by atoms with Crippen molar-refractivity contribution in [1.82, 2.24) is 0 Å². The van der Waals surface area contributed by atoms with Gasteiger partial charge >= 0.3 is 0 Å². The first-order chi connectivity index (χ1) is 4.54. The van der Waals surface area contributed by atoms with Crippen LogP contribution in [0.5, 0.6) is 0 Å². The molecule has 2 atom stereocenters. The molecule has 0 bridgehead atoms. The van der Waals surface area contributed by atoms with Crippen LogP contribution in [0.1, 0.15) is 13.8 Å². The van der Waals surface area contributed by atoms with Crippen LogP contribution < -0.4 is 0 Å². The Bertz CT molecular complexity index is 129. The van der Waals surface area contributed by atoms with Crippen molar-refractivity contribution in [2.75, 3.05) is 6.61 Å². The molecule has 0 aromatic rings. The first-order valence-electron chi connectivity index (χ1n) is 3.14. The normalized spacial score (nSPS) is 41.1. The van der Waals surface area contributed by atoms with Crippen molar-refractivity contribution in [3.63, 3.8) is 0 Å². The van der Waals surface area contributed by atoms with Crippen molar-refractivity contribution >= 4 is 23.2 Å². The van der Waals surface area contributed by atoms with E-state index in [-0.39, 0.29) is 6.10 Å². The van der Waals surface area contributed by atoms with Gasteiger partial charge in [-0.15, -0.1) is 0 Å². The third-order valence-electron chi connectivity index (χ3n) is 1.44. The quantitative estimate of drug-likeness (QED) is 0.581. The summed E-state index contributed by atoms with van der Waals surface area (Å²) < 4.78 is 10.6. The molecule has 2 unspecified atom stereocenters. The van der Waals surface area contributed by atoms with Gasteiger partial charge in [-0.25, -0.2) is 0 Å². The lowest BCUT2D eigenvalue weighted by atomic mass is 10.4. The summed E-state index contributed by atoms with van der Waals surface area (Å²) in [7, 11) is 0. The van der Waals surface area contributed by atoms with Crippen LogP contribution in [-0.2, 0) is 9.47 Å². The Hall–Kier alpha value is 0.500. The number of halogens is 2. The molecule has 1 rings (SSSR count). The van der Waals surface area contributed by atoms with Crippen LogP contribution in [0, 0.1) is 0 Å². The number of hydrogen-bond donors (Lipinski definition) is 0. The second-order valence-electron chi connectivity index (χ2n) is 2.56. The third-order valence-corrected chi connectivity index (χ3v) is 2.23. The highest BCUT2D eigenvalue weighted by Crippen LogP contribution is 2.31. The zero-order chi connectivity index (χ0) is 7.78. The van der Waals surface area contributed by atoms with Gasteiger partial charge in [-0.1, -0.05) is 23.2 Å². The molecule has 1 aliphatic rings. The van der Waals surface area contributed by atoms with E-state index < -0.39 is 10.6 Å². The number of hydrogen-bond acceptors (Lipinski definition) is 2. The summed E-state index contributed by atoms with van der Waals surface area (Å²) >= 11 is 11.2. The van der Waals surface area contributed by atoms with Gasteiger partial charge in [0, 0.05) is 0 Å². The fourth-order valence-corrected chi connectivity index (χ4v) is 1.09. The summed E-state index contributed by atoms with van der Waals surface area (Å²) in [6, 6.07) is 0. The highest BCUT2D eigenvalue weighted by Gasteiger charge is 2.40. The summed E-state index contributed by atoms with van der Waals surface area (Å²) in [5.41, 5.74) is 0. The van der Waals surface area contributed by atoms with Crippen molar-refractivity contribution in [2.45, 2.75) is 30.6 Å². The highest BCUT2D eigenvalue weighted by atomic mass is 35.5. The monoisotopic (exact) mass is 184 g/mol. The van der Waals surface area contributed by atoms with Gasteiger partial charge in [0.15, 0.2) is 10.6 Å². The Morgan fingerprint density at radius 1 is 1.60 bits per heavy atom. The van der Waals surface area contributed by atoms with Gasteiger partial charge in [0.1, 0.15) is 0 Å². The van der Waals surface area contributed by atoms with Gasteiger partial charge in [-0.3, -0.25) is 0 Å². The number of rotatable bonds is 1. The van der Waals surface area contributed by atoms with E-state index in [9.17, 15) is 0 Å². The maximum atomic E-state index is 5.61. The minimum atomic E-state index is -0.803. The van der Waals surface area contributed by atoms with E-state index in [1.807, 2.05) is 6.92 Å². The summed E-state index contributed by atoms with van der Waals surface area (Å²) in [4.78, 5) is -0.627. The second kappa shape index (κ2) is 2.86. The van der Waals surface area contributed by atoms with Crippen LogP contribution >= 0.6 is 23.2 Å². The molecule has 0 amide bonds. The Morgan fingerprint density at radius 2 is 2.20 bits per heavy atom. The molecule has 1 fully saturated rings. The highest BCUT2D eigenvalue weighted by molar-refractivity contribution is 6.45. The van der Waals surface area contributed by atoms with Gasteiger partial charge in [0.2, 0.25) is 0 Å². The Kier molecular flexibility index (Phi) is 2.46. The molecule has 1 aliphatic heterocycles. The van der Waals surface area contributed by atoms with Crippen molar-refractivity contribution in [3.05, 3.63) is 0 Å². The summed E-state index contributed by atoms with van der Waals surface area (Å²) in [5, 5.41) is 0. The van der Waals surface area contributed by atoms with E-state index in [1.54, 1.807) is 6.92 Å². The molecule has 0 aliphatic carbocycles. The maximum absolute atomic E-state index is 5.61. The fraction of sp³-hybridized carbons (Fsp3) is 1.00. The molecule has 0 spiro atoms. The second-order valence-corrected chi connectivity index (χ2v) is 3.65. The zero-order valence-electron chi connectivity index (χ0n) is 5.93. The van der Waals surface area contributed by atoms with Crippen LogP contribution in [0.4, 0.5) is 0 Å². The van der Waals surface area contributed by atoms with E-state index in [1.165, 1.54) is 0 Å². The standard InChI is InChI=1S/C6H10Cl2O2/c1-4-3-9-6(2,10-4)5(7)8/h4-5H,3H2,1-2H3. The molecular formula is C6H10Cl2O2. The Morgan fingerprint density at radius 3 is 2.40 bits per heavy atom. The first-order valence-corrected chi connectivity index (χ1v) is 4.02. The predicted molar refractivity (Wildman–Crippen MR) is 40.4 cm³/mol. The minimum absolute atomic E-state index is 0.0880. The minimum Gasteiger partial charge on any atom is -0.345 e. The van der Waals surface area contributed by atoms with Gasteiger partial charge < -0.3 is 9.47 Å². The van der Waals surface area contributed by atoms with Gasteiger partial charge in [-0.05, 0) is 13.8 Å². The Labute approximate surface area is 70.4 Å². The van der Waals surface area contributed by atoms with E-state index in [4.69, 9.17) is 32.7 Å². The smallest absolute Gasteiger partial charge is 0.196 e. The molecule has 1 heterocycles. The lowest BCUT2D eigenvalue weighted by Crippen LogP contribution is -2.33. The van der Waals surface area contributed by atoms with Crippen LogP contribution in [0.2, 0.25) is 0 Å². The fourth-order valence-electron chi connectivity index (χ4n) is 0.865. The van der Waals surface area contributed by atoms with E-state index >= 15 is 0 Å². The molecule has 0 radical (unpaired) electrons. The molecule has 0 aromatic carbocycles. The first kappa shape index (κ1) is 8.60. The largest absolute Gasteiger partial charge is 0.345 e. The third kappa shape index (κ3) is 1.56. The molecular weight excluding hydrogens is 175 g/mol. The van der Waals surface area contributed by atoms with Gasteiger partial charge in [-0.2, -0.15) is 0 Å². The van der Waals surface area contributed by atoms with E-state index in [0.29, 0.717) is 6.61 Å². The topological polar surface area (TPSA) is 18.5 Å².